The summed E-state index contributed by atoms with van der Waals surface area (Å²) in [7, 11) is 3.55. The van der Waals surface area contributed by atoms with Gasteiger partial charge in [0.15, 0.2) is 0 Å². The fourth-order valence-electron chi connectivity index (χ4n) is 2.70. The number of hydrogen-bond donors (Lipinski definition) is 2. The molecule has 5 heteroatoms. The number of benzene rings is 2. The second-order valence-electron chi connectivity index (χ2n) is 5.31. The van der Waals surface area contributed by atoms with E-state index in [-0.39, 0.29) is 0 Å². The van der Waals surface area contributed by atoms with Crippen LogP contribution in [0.25, 0.3) is 11.0 Å². The van der Waals surface area contributed by atoms with Crippen molar-refractivity contribution in [2.75, 3.05) is 12.8 Å². The molecule has 0 saturated heterocycles. The van der Waals surface area contributed by atoms with Crippen molar-refractivity contribution in [1.82, 2.24) is 4.57 Å². The Morgan fingerprint density at radius 1 is 1.18 bits per heavy atom. The molecule has 0 aliphatic heterocycles. The number of methoxy groups -OCH3 is 1. The molecule has 114 valence electrons. The summed E-state index contributed by atoms with van der Waals surface area (Å²) in [5.74, 6) is 1.39. The molecule has 3 N–H and O–H groups in total. The fourth-order valence-corrected chi connectivity index (χ4v) is 2.70. The Balaban J connectivity index is 1.93. The van der Waals surface area contributed by atoms with Gasteiger partial charge in [-0.15, -0.1) is 0 Å². The second-order valence-corrected chi connectivity index (χ2v) is 5.31. The van der Waals surface area contributed by atoms with E-state index in [2.05, 4.69) is 0 Å². The number of para-hydroxylation sites is 2. The van der Waals surface area contributed by atoms with Crippen molar-refractivity contribution in [3.05, 3.63) is 54.1 Å². The number of nitrogens with two attached hydrogens (primary N) is 1. The monoisotopic (exact) mass is 298 g/mol. The number of aliphatic hydroxyl groups excluding tert-OH is 1. The third-order valence-electron chi connectivity index (χ3n) is 4.01. The van der Waals surface area contributed by atoms with E-state index in [1.807, 2.05) is 64.7 Å². The predicted molar refractivity (Wildman–Crippen MR) is 85.5 cm³/mol. The fraction of sp³-hybridized carbons (Fsp3) is 0.235. The van der Waals surface area contributed by atoms with Crippen LogP contribution in [0.5, 0.6) is 5.75 Å². The van der Waals surface area contributed by atoms with Gasteiger partial charge < -0.3 is 9.84 Å². The van der Waals surface area contributed by atoms with Crippen molar-refractivity contribution in [3.8, 4) is 5.75 Å². The molecular weight excluding hydrogens is 278 g/mol. The van der Waals surface area contributed by atoms with E-state index in [0.717, 1.165) is 22.3 Å². The van der Waals surface area contributed by atoms with Gasteiger partial charge in [0.25, 0.3) is 0 Å². The van der Waals surface area contributed by atoms with Gasteiger partial charge in [0.05, 0.1) is 14.2 Å². The van der Waals surface area contributed by atoms with Gasteiger partial charge in [-0.1, -0.05) is 24.3 Å². The van der Waals surface area contributed by atoms with Crippen LogP contribution >= 0.6 is 0 Å². The summed E-state index contributed by atoms with van der Waals surface area (Å²) in [5.41, 5.74) is 9.07. The molecule has 0 spiro atoms. The van der Waals surface area contributed by atoms with Crippen LogP contribution in [0.2, 0.25) is 0 Å². The van der Waals surface area contributed by atoms with E-state index in [4.69, 9.17) is 10.5 Å². The van der Waals surface area contributed by atoms with Gasteiger partial charge in [-0.25, -0.2) is 9.13 Å². The average Bonchev–Trinajstić information content (AvgIpc) is 2.80. The summed E-state index contributed by atoms with van der Waals surface area (Å²) in [4.78, 5) is 0. The number of aryl methyl sites for hydroxylation is 1. The normalized spacial score (nSPS) is 12.5. The Hall–Kier alpha value is -2.53. The number of fused-ring (bicyclic) bond motifs is 1. The van der Waals surface area contributed by atoms with Crippen LogP contribution in [0.15, 0.2) is 48.5 Å². The largest absolute Gasteiger partial charge is 0.497 e. The number of ether oxygens (including phenoxy) is 1. The third kappa shape index (κ3) is 2.40. The number of rotatable bonds is 4. The summed E-state index contributed by atoms with van der Waals surface area (Å²) >= 11 is 0. The van der Waals surface area contributed by atoms with Crippen molar-refractivity contribution in [2.45, 2.75) is 12.6 Å². The minimum Gasteiger partial charge on any atom is -0.497 e. The van der Waals surface area contributed by atoms with E-state index < -0.39 is 6.10 Å². The van der Waals surface area contributed by atoms with Gasteiger partial charge >= 0.3 is 5.95 Å². The highest BCUT2D eigenvalue weighted by Gasteiger charge is 2.21. The molecule has 0 bridgehead atoms. The summed E-state index contributed by atoms with van der Waals surface area (Å²) in [6, 6.07) is 15.4. The van der Waals surface area contributed by atoms with E-state index >= 15 is 0 Å². The SMILES string of the molecule is COc1ccc(C(O)Cn2c(N)[n+](C)c3ccccc32)cc1. The summed E-state index contributed by atoms with van der Waals surface area (Å²) < 4.78 is 9.00. The maximum absolute atomic E-state index is 10.5. The van der Waals surface area contributed by atoms with Crippen LogP contribution < -0.4 is 15.0 Å². The number of hydrogen-bond acceptors (Lipinski definition) is 3. The van der Waals surface area contributed by atoms with Crippen LogP contribution in [0.4, 0.5) is 5.95 Å². The maximum atomic E-state index is 10.5. The molecule has 1 atom stereocenters. The lowest BCUT2D eigenvalue weighted by molar-refractivity contribution is -0.630. The Morgan fingerprint density at radius 2 is 1.86 bits per heavy atom. The highest BCUT2D eigenvalue weighted by atomic mass is 16.5. The molecule has 1 unspecified atom stereocenters. The lowest BCUT2D eigenvalue weighted by atomic mass is 10.1. The van der Waals surface area contributed by atoms with Crippen LogP contribution in [0, 0.1) is 0 Å². The summed E-state index contributed by atoms with van der Waals surface area (Å²) in [5, 5.41) is 10.5. The highest BCUT2D eigenvalue weighted by molar-refractivity contribution is 5.73. The minimum atomic E-state index is -0.635. The summed E-state index contributed by atoms with van der Waals surface area (Å²) in [6.45, 7) is 0.402. The molecule has 1 aromatic heterocycles. The second kappa shape index (κ2) is 5.69. The van der Waals surface area contributed by atoms with Crippen LogP contribution in [-0.2, 0) is 13.6 Å². The first-order valence-electron chi connectivity index (χ1n) is 7.16. The number of aliphatic hydroxyl groups is 1. The summed E-state index contributed by atoms with van der Waals surface area (Å²) in [6.07, 6.45) is -0.635. The van der Waals surface area contributed by atoms with Gasteiger partial charge in [0, 0.05) is 0 Å². The third-order valence-corrected chi connectivity index (χ3v) is 4.01. The number of nitrogens with zero attached hydrogens (tertiary/aromatic N) is 2. The standard InChI is InChI=1S/C17H19N3O2/c1-19-14-5-3-4-6-15(14)20(17(19)18)11-16(21)12-7-9-13(22-2)10-8-12/h3-10,16,18,21H,11H2,1-2H3/p+1. The molecular formula is C17H20N3O2+. The quantitative estimate of drug-likeness (QED) is 0.722. The van der Waals surface area contributed by atoms with Crippen molar-refractivity contribution >= 4 is 17.0 Å². The molecule has 3 aromatic rings. The first-order valence-corrected chi connectivity index (χ1v) is 7.16. The molecule has 22 heavy (non-hydrogen) atoms. The van der Waals surface area contributed by atoms with Gasteiger partial charge in [-0.05, 0) is 29.8 Å². The molecule has 0 radical (unpaired) electrons. The van der Waals surface area contributed by atoms with Gasteiger partial charge in [0.1, 0.15) is 29.4 Å². The van der Waals surface area contributed by atoms with Crippen molar-refractivity contribution in [1.29, 1.82) is 0 Å². The smallest absolute Gasteiger partial charge is 0.355 e. The topological polar surface area (TPSA) is 64.3 Å². The number of nitrogen functional groups attached to an aromatic ring is 1. The molecule has 0 aliphatic carbocycles. The molecule has 5 nitrogen and oxygen atoms in total. The van der Waals surface area contributed by atoms with Gasteiger partial charge in [-0.2, -0.15) is 0 Å². The first kappa shape index (κ1) is 14.4. The lowest BCUT2D eigenvalue weighted by Crippen LogP contribution is -2.31. The number of aromatic nitrogens is 2. The van der Waals surface area contributed by atoms with Gasteiger partial charge in [-0.3, -0.25) is 5.73 Å². The van der Waals surface area contributed by atoms with Crippen molar-refractivity contribution in [2.24, 2.45) is 7.05 Å². The number of anilines is 1. The van der Waals surface area contributed by atoms with Crippen LogP contribution in [0.1, 0.15) is 11.7 Å². The van der Waals surface area contributed by atoms with E-state index in [9.17, 15) is 5.11 Å². The Labute approximate surface area is 129 Å². The molecule has 1 heterocycles. The number of imidazole rings is 1. The molecule has 0 amide bonds. The van der Waals surface area contributed by atoms with Crippen molar-refractivity contribution < 1.29 is 14.4 Å². The first-order chi connectivity index (χ1) is 10.6. The van der Waals surface area contributed by atoms with Crippen LogP contribution in [0.3, 0.4) is 0 Å². The molecule has 0 fully saturated rings. The molecule has 0 aliphatic rings. The van der Waals surface area contributed by atoms with E-state index in [0.29, 0.717) is 12.5 Å². The maximum Gasteiger partial charge on any atom is 0.355 e. The Morgan fingerprint density at radius 3 is 2.55 bits per heavy atom. The van der Waals surface area contributed by atoms with Crippen molar-refractivity contribution in [3.63, 3.8) is 0 Å². The Bertz CT molecular complexity index is 794. The van der Waals surface area contributed by atoms with E-state index in [1.165, 1.54) is 0 Å². The van der Waals surface area contributed by atoms with E-state index in [1.54, 1.807) is 7.11 Å². The van der Waals surface area contributed by atoms with Crippen LogP contribution in [-0.4, -0.2) is 16.8 Å². The molecule has 2 aromatic carbocycles. The zero-order chi connectivity index (χ0) is 15.7. The lowest BCUT2D eigenvalue weighted by Gasteiger charge is -2.11. The zero-order valence-corrected chi connectivity index (χ0v) is 12.7. The minimum absolute atomic E-state index is 0.402. The molecule has 0 saturated carbocycles. The predicted octanol–water partition coefficient (Wildman–Crippen LogP) is 1.79. The highest BCUT2D eigenvalue weighted by Crippen LogP contribution is 2.22. The van der Waals surface area contributed by atoms with Gasteiger partial charge in [0.2, 0.25) is 0 Å². The Kier molecular flexibility index (Phi) is 3.73. The average molecular weight is 298 g/mol. The zero-order valence-electron chi connectivity index (χ0n) is 12.7. The molecule has 3 rings (SSSR count).